The van der Waals surface area contributed by atoms with Crippen LogP contribution in [0.2, 0.25) is 0 Å². The molecule has 1 atom stereocenters. The number of carbonyl (C=O) groups is 1. The van der Waals surface area contributed by atoms with Crippen molar-refractivity contribution < 1.29 is 17.7 Å². The second-order valence-corrected chi connectivity index (χ2v) is 9.97. The van der Waals surface area contributed by atoms with E-state index in [-0.39, 0.29) is 28.3 Å². The highest BCUT2D eigenvalue weighted by Crippen LogP contribution is 2.24. The first-order valence-corrected chi connectivity index (χ1v) is 11.6. The molecule has 0 aliphatic heterocycles. The fraction of sp³-hybridized carbons (Fsp3) is 0.300. The van der Waals surface area contributed by atoms with Gasteiger partial charge >= 0.3 is 0 Å². The van der Waals surface area contributed by atoms with Gasteiger partial charge in [0.15, 0.2) is 21.3 Å². The van der Waals surface area contributed by atoms with Crippen molar-refractivity contribution in [3.05, 3.63) is 58.4 Å². The molecule has 2 heterocycles. The van der Waals surface area contributed by atoms with Crippen LogP contribution in [0.25, 0.3) is 11.3 Å². The number of likely N-dealkylation sites (N-methyl/N-ethyl adjacent to an activating group) is 1. The number of sulfone groups is 1. The largest absolute Gasteiger partial charge is 0.355 e. The van der Waals surface area contributed by atoms with Gasteiger partial charge < -0.3 is 14.7 Å². The molecule has 3 rings (SSSR count). The number of rotatable bonds is 8. The third-order valence-corrected chi connectivity index (χ3v) is 7.30. The Morgan fingerprint density at radius 1 is 1.24 bits per heavy atom. The average Bonchev–Trinajstić information content (AvgIpc) is 3.40. The van der Waals surface area contributed by atoms with Gasteiger partial charge in [0.1, 0.15) is 0 Å². The summed E-state index contributed by atoms with van der Waals surface area (Å²) in [5.41, 5.74) is 0.824. The van der Waals surface area contributed by atoms with Gasteiger partial charge in [0.2, 0.25) is 0 Å². The van der Waals surface area contributed by atoms with Gasteiger partial charge in [-0.15, -0.1) is 11.3 Å². The lowest BCUT2D eigenvalue weighted by Gasteiger charge is -2.23. The molecule has 1 aromatic carbocycles. The molecule has 1 unspecified atom stereocenters. The van der Waals surface area contributed by atoms with Crippen molar-refractivity contribution in [2.45, 2.75) is 17.9 Å². The first-order chi connectivity index (χ1) is 13.8. The number of nitrogens with zero attached hydrogens (tertiary/aromatic N) is 2. The van der Waals surface area contributed by atoms with E-state index in [1.165, 1.54) is 17.0 Å². The van der Waals surface area contributed by atoms with Crippen molar-refractivity contribution in [3.63, 3.8) is 0 Å². The van der Waals surface area contributed by atoms with E-state index in [2.05, 4.69) is 10.5 Å². The lowest BCUT2D eigenvalue weighted by atomic mass is 10.1. The number of carbonyl (C=O) groups excluding carboxylic acids is 1. The predicted octanol–water partition coefficient (Wildman–Crippen LogP) is 3.23. The van der Waals surface area contributed by atoms with Gasteiger partial charge in [0.25, 0.3) is 5.91 Å². The number of amides is 1. The molecule has 0 radical (unpaired) electrons. The Morgan fingerprint density at radius 2 is 1.97 bits per heavy atom. The van der Waals surface area contributed by atoms with Crippen molar-refractivity contribution in [2.24, 2.45) is 0 Å². The van der Waals surface area contributed by atoms with Crippen LogP contribution in [0.3, 0.4) is 0 Å². The van der Waals surface area contributed by atoms with Crippen LogP contribution in [-0.4, -0.2) is 50.8 Å². The number of benzene rings is 1. The lowest BCUT2D eigenvalue weighted by molar-refractivity contribution is 0.0933. The van der Waals surface area contributed by atoms with Gasteiger partial charge in [-0.2, -0.15) is 0 Å². The smallest absolute Gasteiger partial charge is 0.273 e. The van der Waals surface area contributed by atoms with E-state index in [1.54, 1.807) is 36.5 Å². The fourth-order valence-corrected chi connectivity index (χ4v) is 4.62. The second kappa shape index (κ2) is 8.89. The van der Waals surface area contributed by atoms with Crippen LogP contribution in [0, 0.1) is 0 Å². The Morgan fingerprint density at radius 3 is 2.55 bits per heavy atom. The van der Waals surface area contributed by atoms with Gasteiger partial charge in [-0.3, -0.25) is 4.79 Å². The lowest BCUT2D eigenvalue weighted by Crippen LogP contribution is -2.34. The minimum Gasteiger partial charge on any atom is -0.355 e. The van der Waals surface area contributed by atoms with Crippen molar-refractivity contribution in [1.82, 2.24) is 15.4 Å². The Labute approximate surface area is 174 Å². The van der Waals surface area contributed by atoms with Gasteiger partial charge in [-0.05, 0) is 49.8 Å². The summed E-state index contributed by atoms with van der Waals surface area (Å²) in [6.07, 6.45) is 0. The summed E-state index contributed by atoms with van der Waals surface area (Å²) >= 11 is 1.64. The standard InChI is InChI=1S/C20H23N3O4S2/c1-4-29(25,26)15-9-7-14(8-10-15)18-12-16(22-27-18)20(24)21-13-17(23(2)3)19-6-5-11-28-19/h5-12,17H,4,13H2,1-3H3,(H,21,24). The molecule has 1 N–H and O–H groups in total. The van der Waals surface area contributed by atoms with E-state index in [0.29, 0.717) is 17.9 Å². The molecule has 0 saturated carbocycles. The summed E-state index contributed by atoms with van der Waals surface area (Å²) in [5.74, 6) is 0.116. The zero-order valence-corrected chi connectivity index (χ0v) is 18.1. The van der Waals surface area contributed by atoms with Gasteiger partial charge in [-0.1, -0.05) is 18.1 Å². The van der Waals surface area contributed by atoms with E-state index in [1.807, 2.05) is 36.5 Å². The van der Waals surface area contributed by atoms with Crippen LogP contribution in [0.5, 0.6) is 0 Å². The second-order valence-electron chi connectivity index (χ2n) is 6.71. The van der Waals surface area contributed by atoms with Crippen molar-refractivity contribution in [2.75, 3.05) is 26.4 Å². The highest BCUT2D eigenvalue weighted by atomic mass is 32.2. The fourth-order valence-electron chi connectivity index (χ4n) is 2.81. The minimum atomic E-state index is -3.26. The van der Waals surface area contributed by atoms with E-state index in [0.717, 1.165) is 0 Å². The highest BCUT2D eigenvalue weighted by Gasteiger charge is 2.19. The first-order valence-electron chi connectivity index (χ1n) is 9.09. The molecule has 7 nitrogen and oxygen atoms in total. The van der Waals surface area contributed by atoms with Crippen molar-refractivity contribution in [3.8, 4) is 11.3 Å². The third-order valence-electron chi connectivity index (χ3n) is 4.57. The summed E-state index contributed by atoms with van der Waals surface area (Å²) in [6.45, 7) is 2.04. The Balaban J connectivity index is 1.68. The molecule has 9 heteroatoms. The maximum Gasteiger partial charge on any atom is 0.273 e. The summed E-state index contributed by atoms with van der Waals surface area (Å²) in [5, 5.41) is 8.75. The monoisotopic (exact) mass is 433 g/mol. The minimum absolute atomic E-state index is 0.0401. The highest BCUT2D eigenvalue weighted by molar-refractivity contribution is 7.91. The molecule has 2 aromatic heterocycles. The van der Waals surface area contributed by atoms with Crippen molar-refractivity contribution in [1.29, 1.82) is 0 Å². The Kier molecular flexibility index (Phi) is 6.51. The van der Waals surface area contributed by atoms with Crippen LogP contribution in [0.1, 0.15) is 28.3 Å². The van der Waals surface area contributed by atoms with Crippen LogP contribution >= 0.6 is 11.3 Å². The predicted molar refractivity (Wildman–Crippen MR) is 113 cm³/mol. The van der Waals surface area contributed by atoms with Gasteiger partial charge in [0.05, 0.1) is 16.7 Å². The van der Waals surface area contributed by atoms with Crippen LogP contribution < -0.4 is 5.32 Å². The molecule has 0 spiro atoms. The number of hydrogen-bond donors (Lipinski definition) is 1. The topological polar surface area (TPSA) is 92.5 Å². The normalized spacial score (nSPS) is 12.8. The van der Waals surface area contributed by atoms with E-state index in [9.17, 15) is 13.2 Å². The molecule has 0 aliphatic rings. The Hall–Kier alpha value is -2.49. The summed E-state index contributed by atoms with van der Waals surface area (Å²) in [6, 6.07) is 12.0. The molecule has 0 saturated heterocycles. The number of nitrogens with one attached hydrogen (secondary N) is 1. The summed E-state index contributed by atoms with van der Waals surface area (Å²) in [7, 11) is 0.671. The van der Waals surface area contributed by atoms with Crippen molar-refractivity contribution >= 4 is 27.1 Å². The van der Waals surface area contributed by atoms with Crippen LogP contribution in [0.15, 0.2) is 57.3 Å². The molecule has 0 bridgehead atoms. The molecule has 3 aromatic rings. The molecular formula is C20H23N3O4S2. The molecule has 0 fully saturated rings. The molecule has 1 amide bonds. The summed E-state index contributed by atoms with van der Waals surface area (Å²) < 4.78 is 29.1. The molecule has 154 valence electrons. The zero-order chi connectivity index (χ0) is 21.0. The van der Waals surface area contributed by atoms with E-state index >= 15 is 0 Å². The number of hydrogen-bond acceptors (Lipinski definition) is 7. The third kappa shape index (κ3) is 4.92. The molecular weight excluding hydrogens is 410 g/mol. The molecule has 0 aliphatic carbocycles. The maximum absolute atomic E-state index is 12.5. The van der Waals surface area contributed by atoms with E-state index < -0.39 is 9.84 Å². The van der Waals surface area contributed by atoms with Gasteiger partial charge in [0, 0.05) is 23.1 Å². The van der Waals surface area contributed by atoms with Crippen LogP contribution in [0.4, 0.5) is 0 Å². The SMILES string of the molecule is CCS(=O)(=O)c1ccc(-c2cc(C(=O)NCC(c3cccs3)N(C)C)no2)cc1. The number of thiophene rings is 1. The van der Waals surface area contributed by atoms with Gasteiger partial charge in [-0.25, -0.2) is 8.42 Å². The first kappa shape index (κ1) is 21.2. The zero-order valence-electron chi connectivity index (χ0n) is 16.5. The van der Waals surface area contributed by atoms with E-state index in [4.69, 9.17) is 4.52 Å². The summed E-state index contributed by atoms with van der Waals surface area (Å²) in [4.78, 5) is 15.9. The quantitative estimate of drug-likeness (QED) is 0.586. The number of aromatic nitrogens is 1. The Bertz CT molecular complexity index is 1060. The average molecular weight is 434 g/mol. The maximum atomic E-state index is 12.5. The van der Waals surface area contributed by atoms with Crippen LogP contribution in [-0.2, 0) is 9.84 Å². The molecule has 29 heavy (non-hydrogen) atoms.